The number of carbonyl (C=O) groups is 1. The lowest BCUT2D eigenvalue weighted by atomic mass is 10.2. The molecule has 3 aromatic rings. The Morgan fingerprint density at radius 2 is 1.85 bits per heavy atom. The van der Waals surface area contributed by atoms with Gasteiger partial charge in [0.15, 0.2) is 12.4 Å². The highest BCUT2D eigenvalue weighted by atomic mass is 79.9. The quantitative estimate of drug-likeness (QED) is 0.634. The number of anilines is 1. The van der Waals surface area contributed by atoms with E-state index in [2.05, 4.69) is 31.4 Å². The van der Waals surface area contributed by atoms with Crippen molar-refractivity contribution in [3.05, 3.63) is 58.8 Å². The summed E-state index contributed by atoms with van der Waals surface area (Å²) in [4.78, 5) is 16.3. The highest BCUT2D eigenvalue weighted by Gasteiger charge is 2.11. The van der Waals surface area contributed by atoms with Crippen molar-refractivity contribution in [3.8, 4) is 17.2 Å². The van der Waals surface area contributed by atoms with Crippen LogP contribution in [0.2, 0.25) is 0 Å². The van der Waals surface area contributed by atoms with Gasteiger partial charge in [-0.1, -0.05) is 34.9 Å². The first kappa shape index (κ1) is 18.1. The van der Waals surface area contributed by atoms with Crippen LogP contribution in [0.15, 0.2) is 57.5 Å². The third-order valence-electron chi connectivity index (χ3n) is 3.56. The third kappa shape index (κ3) is 4.70. The van der Waals surface area contributed by atoms with Gasteiger partial charge in [0.05, 0.1) is 0 Å². The molecule has 1 N–H and O–H groups in total. The smallest absolute Gasteiger partial charge is 0.262 e. The number of halogens is 1. The number of aromatic nitrogens is 2. The van der Waals surface area contributed by atoms with Crippen LogP contribution in [0.3, 0.4) is 0 Å². The Kier molecular flexibility index (Phi) is 5.68. The van der Waals surface area contributed by atoms with Crippen LogP contribution in [-0.4, -0.2) is 22.7 Å². The first-order chi connectivity index (χ1) is 12.5. The summed E-state index contributed by atoms with van der Waals surface area (Å²) in [6, 6.07) is 14.5. The van der Waals surface area contributed by atoms with E-state index in [1.54, 1.807) is 12.1 Å². The molecule has 0 fully saturated rings. The summed E-state index contributed by atoms with van der Waals surface area (Å²) in [5.74, 6) is 1.70. The van der Waals surface area contributed by atoms with E-state index < -0.39 is 0 Å². The minimum Gasteiger partial charge on any atom is -0.484 e. The fourth-order valence-corrected chi connectivity index (χ4v) is 2.42. The monoisotopic (exact) mass is 415 g/mol. The Balaban J connectivity index is 1.55. The fraction of sp³-hybridized carbons (Fsp3) is 0.211. The second-order valence-corrected chi connectivity index (χ2v) is 6.90. The molecule has 0 aliphatic carbocycles. The summed E-state index contributed by atoms with van der Waals surface area (Å²) in [5.41, 5.74) is 1.52. The van der Waals surface area contributed by atoms with Gasteiger partial charge >= 0.3 is 0 Å². The Bertz CT molecular complexity index is 874. The van der Waals surface area contributed by atoms with Gasteiger partial charge in [-0.05, 0) is 48.5 Å². The number of amides is 1. The molecule has 0 unspecified atom stereocenters. The molecule has 26 heavy (non-hydrogen) atoms. The van der Waals surface area contributed by atoms with Crippen LogP contribution < -0.4 is 10.1 Å². The van der Waals surface area contributed by atoms with E-state index in [1.807, 2.05) is 50.2 Å². The van der Waals surface area contributed by atoms with Crippen LogP contribution in [0.25, 0.3) is 11.5 Å². The first-order valence-electron chi connectivity index (χ1n) is 8.13. The first-order valence-corrected chi connectivity index (χ1v) is 8.93. The summed E-state index contributed by atoms with van der Waals surface area (Å²) in [6.07, 6.45) is 0. The average molecular weight is 416 g/mol. The highest BCUT2D eigenvalue weighted by molar-refractivity contribution is 9.10. The van der Waals surface area contributed by atoms with Crippen LogP contribution >= 0.6 is 15.9 Å². The number of nitrogens with one attached hydrogen (secondary N) is 1. The van der Waals surface area contributed by atoms with Gasteiger partial charge in [-0.25, -0.2) is 0 Å². The zero-order valence-corrected chi connectivity index (χ0v) is 16.0. The number of nitrogens with zero attached hydrogens (tertiary/aromatic N) is 2. The predicted molar refractivity (Wildman–Crippen MR) is 102 cm³/mol. The summed E-state index contributed by atoms with van der Waals surface area (Å²) in [6.45, 7) is 3.93. The van der Waals surface area contributed by atoms with Crippen LogP contribution in [0.4, 0.5) is 5.69 Å². The molecule has 0 saturated heterocycles. The van der Waals surface area contributed by atoms with Gasteiger partial charge in [0.2, 0.25) is 0 Å². The van der Waals surface area contributed by atoms with E-state index in [0.717, 1.165) is 15.7 Å². The molecule has 0 radical (unpaired) electrons. The van der Waals surface area contributed by atoms with E-state index >= 15 is 0 Å². The minimum atomic E-state index is -0.227. The Morgan fingerprint density at radius 3 is 2.46 bits per heavy atom. The third-order valence-corrected chi connectivity index (χ3v) is 4.09. The number of ether oxygens (including phenoxy) is 1. The Morgan fingerprint density at radius 1 is 1.15 bits per heavy atom. The average Bonchev–Trinajstić information content (AvgIpc) is 3.13. The van der Waals surface area contributed by atoms with Crippen LogP contribution in [0.5, 0.6) is 5.75 Å². The minimum absolute atomic E-state index is 0.0759. The van der Waals surface area contributed by atoms with E-state index in [-0.39, 0.29) is 18.4 Å². The van der Waals surface area contributed by atoms with Crippen molar-refractivity contribution >= 4 is 27.5 Å². The van der Waals surface area contributed by atoms with Gasteiger partial charge in [-0.15, -0.1) is 0 Å². The molecule has 0 atom stereocenters. The van der Waals surface area contributed by atoms with Crippen molar-refractivity contribution in [3.63, 3.8) is 0 Å². The van der Waals surface area contributed by atoms with Gasteiger partial charge in [0.1, 0.15) is 5.75 Å². The SMILES string of the molecule is CC(C)c1noc(-c2ccc(OCC(=O)Nc3ccc(Br)cc3)cc2)n1. The molecule has 1 amide bonds. The Labute approximate surface area is 159 Å². The lowest BCUT2D eigenvalue weighted by molar-refractivity contribution is -0.118. The Hall–Kier alpha value is -2.67. The lowest BCUT2D eigenvalue weighted by Gasteiger charge is -2.08. The molecule has 6 nitrogen and oxygen atoms in total. The maximum atomic E-state index is 11.9. The fourth-order valence-electron chi connectivity index (χ4n) is 2.16. The van der Waals surface area contributed by atoms with Crippen molar-refractivity contribution in [2.45, 2.75) is 19.8 Å². The molecule has 2 aromatic carbocycles. The van der Waals surface area contributed by atoms with E-state index in [0.29, 0.717) is 17.5 Å². The largest absolute Gasteiger partial charge is 0.484 e. The summed E-state index contributed by atoms with van der Waals surface area (Å²) < 4.78 is 11.7. The second-order valence-electron chi connectivity index (χ2n) is 5.98. The number of hydrogen-bond donors (Lipinski definition) is 1. The molecule has 7 heteroatoms. The molecule has 1 aromatic heterocycles. The molecule has 0 spiro atoms. The van der Waals surface area contributed by atoms with E-state index in [1.165, 1.54) is 0 Å². The zero-order valence-electron chi connectivity index (χ0n) is 14.4. The lowest BCUT2D eigenvalue weighted by Crippen LogP contribution is -2.20. The maximum Gasteiger partial charge on any atom is 0.262 e. The zero-order chi connectivity index (χ0) is 18.5. The van der Waals surface area contributed by atoms with Crippen molar-refractivity contribution in [1.29, 1.82) is 0 Å². The molecule has 0 aliphatic rings. The van der Waals surface area contributed by atoms with Gasteiger partial charge in [-0.3, -0.25) is 4.79 Å². The predicted octanol–water partition coefficient (Wildman–Crippen LogP) is 4.64. The maximum absolute atomic E-state index is 11.9. The molecule has 0 saturated carbocycles. The van der Waals surface area contributed by atoms with E-state index in [4.69, 9.17) is 9.26 Å². The standard InChI is InChI=1S/C19H18BrN3O3/c1-12(2)18-22-19(26-23-18)13-3-9-16(10-4-13)25-11-17(24)21-15-7-5-14(20)6-8-15/h3-10,12H,11H2,1-2H3,(H,21,24). The van der Waals surface area contributed by atoms with Crippen molar-refractivity contribution in [1.82, 2.24) is 10.1 Å². The van der Waals surface area contributed by atoms with Gasteiger partial charge < -0.3 is 14.6 Å². The summed E-state index contributed by atoms with van der Waals surface area (Å²) in [7, 11) is 0. The molecule has 0 bridgehead atoms. The number of rotatable bonds is 6. The second kappa shape index (κ2) is 8.14. The van der Waals surface area contributed by atoms with Crippen LogP contribution in [0.1, 0.15) is 25.6 Å². The molecular formula is C19H18BrN3O3. The molecule has 3 rings (SSSR count). The summed E-state index contributed by atoms with van der Waals surface area (Å²) in [5, 5.41) is 6.72. The molecule has 134 valence electrons. The number of benzene rings is 2. The van der Waals surface area contributed by atoms with Crippen molar-refractivity contribution < 1.29 is 14.1 Å². The normalized spacial score (nSPS) is 10.8. The number of hydrogen-bond acceptors (Lipinski definition) is 5. The molecular weight excluding hydrogens is 398 g/mol. The number of carbonyl (C=O) groups excluding carboxylic acids is 1. The summed E-state index contributed by atoms with van der Waals surface area (Å²) >= 11 is 3.35. The molecule has 0 aliphatic heterocycles. The highest BCUT2D eigenvalue weighted by Crippen LogP contribution is 2.22. The van der Waals surface area contributed by atoms with Gasteiger partial charge in [0.25, 0.3) is 11.8 Å². The molecule has 1 heterocycles. The van der Waals surface area contributed by atoms with Crippen molar-refractivity contribution in [2.75, 3.05) is 11.9 Å². The van der Waals surface area contributed by atoms with E-state index in [9.17, 15) is 4.79 Å². The van der Waals surface area contributed by atoms with Gasteiger partial charge in [0, 0.05) is 21.6 Å². The van der Waals surface area contributed by atoms with Crippen LogP contribution in [-0.2, 0) is 4.79 Å². The van der Waals surface area contributed by atoms with Gasteiger partial charge in [-0.2, -0.15) is 4.98 Å². The topological polar surface area (TPSA) is 77.2 Å². The van der Waals surface area contributed by atoms with Crippen molar-refractivity contribution in [2.24, 2.45) is 0 Å². The van der Waals surface area contributed by atoms with Crippen LogP contribution in [0, 0.1) is 0 Å².